The van der Waals surface area contributed by atoms with Gasteiger partial charge < -0.3 is 14.3 Å². The maximum Gasteiger partial charge on any atom is 0.343 e. The van der Waals surface area contributed by atoms with Crippen LogP contribution in [0, 0.1) is 0 Å². The zero-order valence-electron chi connectivity index (χ0n) is 11.3. The van der Waals surface area contributed by atoms with E-state index in [1.807, 2.05) is 12.1 Å². The summed E-state index contributed by atoms with van der Waals surface area (Å²) in [6, 6.07) is 7.25. The third-order valence-corrected chi connectivity index (χ3v) is 3.76. The minimum Gasteiger partial charge on any atom is -0.486 e. The lowest BCUT2D eigenvalue weighted by Crippen LogP contribution is -2.42. The molecule has 0 radical (unpaired) electrons. The van der Waals surface area contributed by atoms with Crippen molar-refractivity contribution in [1.29, 1.82) is 0 Å². The first-order chi connectivity index (χ1) is 9.53. The lowest BCUT2D eigenvalue weighted by atomic mass is 9.92. The summed E-state index contributed by atoms with van der Waals surface area (Å²) in [4.78, 5) is 12.0. The molecule has 0 amide bonds. The Kier molecular flexibility index (Phi) is 2.91. The third-order valence-electron chi connectivity index (χ3n) is 3.76. The predicted octanol–water partition coefficient (Wildman–Crippen LogP) is 2.42. The molecule has 0 spiro atoms. The van der Waals surface area contributed by atoms with E-state index >= 15 is 0 Å². The van der Waals surface area contributed by atoms with E-state index in [9.17, 15) is 9.90 Å². The van der Waals surface area contributed by atoms with Crippen LogP contribution in [0.4, 0.5) is 0 Å². The van der Waals surface area contributed by atoms with Gasteiger partial charge in [-0.05, 0) is 25.5 Å². The number of para-hydroxylation sites is 1. The van der Waals surface area contributed by atoms with Gasteiger partial charge >= 0.3 is 5.63 Å². The highest BCUT2D eigenvalue weighted by Gasteiger charge is 2.40. The molecule has 3 rings (SSSR count). The highest BCUT2D eigenvalue weighted by Crippen LogP contribution is 2.37. The van der Waals surface area contributed by atoms with Gasteiger partial charge in [-0.15, -0.1) is 6.58 Å². The molecule has 2 heterocycles. The Morgan fingerprint density at radius 1 is 1.50 bits per heavy atom. The van der Waals surface area contributed by atoms with E-state index in [0.29, 0.717) is 29.7 Å². The molecule has 2 aromatic rings. The van der Waals surface area contributed by atoms with Gasteiger partial charge in [-0.3, -0.25) is 0 Å². The van der Waals surface area contributed by atoms with Crippen molar-refractivity contribution < 1.29 is 14.3 Å². The smallest absolute Gasteiger partial charge is 0.343 e. The molecule has 4 nitrogen and oxygen atoms in total. The van der Waals surface area contributed by atoms with Gasteiger partial charge in [0.05, 0.1) is 10.9 Å². The Bertz CT molecular complexity index is 727. The monoisotopic (exact) mass is 272 g/mol. The molecule has 1 aliphatic rings. The summed E-state index contributed by atoms with van der Waals surface area (Å²) in [5.41, 5.74) is -0.456. The predicted molar refractivity (Wildman–Crippen MR) is 76.0 cm³/mol. The molecule has 0 fully saturated rings. The normalized spacial score (nSPS) is 20.2. The number of hydrogen-bond donors (Lipinski definition) is 1. The first-order valence-corrected chi connectivity index (χ1v) is 6.57. The van der Waals surface area contributed by atoms with E-state index < -0.39 is 17.3 Å². The minimum atomic E-state index is -1.06. The zero-order valence-corrected chi connectivity index (χ0v) is 11.3. The van der Waals surface area contributed by atoms with Crippen LogP contribution < -0.4 is 10.4 Å². The molecule has 1 aliphatic heterocycles. The first-order valence-electron chi connectivity index (χ1n) is 6.57. The molecule has 0 saturated heterocycles. The van der Waals surface area contributed by atoms with Crippen LogP contribution >= 0.6 is 0 Å². The van der Waals surface area contributed by atoms with E-state index in [0.717, 1.165) is 5.39 Å². The Labute approximate surface area is 116 Å². The van der Waals surface area contributed by atoms with Crippen molar-refractivity contribution in [2.24, 2.45) is 0 Å². The second kappa shape index (κ2) is 4.49. The SMILES string of the molecule is C=CCC(C)(O)C1Cc2c(c3ccccc3oc2=O)O1. The van der Waals surface area contributed by atoms with Gasteiger partial charge in [0.2, 0.25) is 0 Å². The van der Waals surface area contributed by atoms with E-state index in [1.54, 1.807) is 25.1 Å². The number of rotatable bonds is 3. The molecule has 0 bridgehead atoms. The summed E-state index contributed by atoms with van der Waals surface area (Å²) in [6.07, 6.45) is 1.93. The van der Waals surface area contributed by atoms with Crippen molar-refractivity contribution in [2.45, 2.75) is 31.5 Å². The average molecular weight is 272 g/mol. The van der Waals surface area contributed by atoms with Crippen molar-refractivity contribution in [2.75, 3.05) is 0 Å². The van der Waals surface area contributed by atoms with Crippen molar-refractivity contribution >= 4 is 11.0 Å². The molecule has 2 atom stereocenters. The minimum absolute atomic E-state index is 0.351. The maximum absolute atomic E-state index is 12.0. The molecule has 1 aromatic heterocycles. The van der Waals surface area contributed by atoms with Crippen LogP contribution in [0.3, 0.4) is 0 Å². The van der Waals surface area contributed by atoms with Gasteiger partial charge in [0, 0.05) is 6.42 Å². The third kappa shape index (κ3) is 1.93. The van der Waals surface area contributed by atoms with Crippen molar-refractivity contribution in [3.8, 4) is 5.75 Å². The number of aliphatic hydroxyl groups is 1. The molecule has 1 aromatic carbocycles. The van der Waals surface area contributed by atoms with Gasteiger partial charge in [-0.2, -0.15) is 0 Å². The highest BCUT2D eigenvalue weighted by molar-refractivity contribution is 5.84. The van der Waals surface area contributed by atoms with Gasteiger partial charge in [0.15, 0.2) is 0 Å². The van der Waals surface area contributed by atoms with Gasteiger partial charge in [-0.25, -0.2) is 4.79 Å². The summed E-state index contributed by atoms with van der Waals surface area (Å²) in [7, 11) is 0. The van der Waals surface area contributed by atoms with Crippen LogP contribution in [0.1, 0.15) is 18.9 Å². The van der Waals surface area contributed by atoms with Crippen LogP contribution in [0.5, 0.6) is 5.75 Å². The van der Waals surface area contributed by atoms with Gasteiger partial charge in [-0.1, -0.05) is 18.2 Å². The van der Waals surface area contributed by atoms with Crippen LogP contribution in [0.25, 0.3) is 11.0 Å². The van der Waals surface area contributed by atoms with Crippen molar-refractivity contribution in [3.05, 3.63) is 52.9 Å². The lowest BCUT2D eigenvalue weighted by Gasteiger charge is -2.28. The molecule has 4 heteroatoms. The van der Waals surface area contributed by atoms with Crippen LogP contribution in [-0.2, 0) is 6.42 Å². The molecular formula is C16H16O4. The Hall–Kier alpha value is -2.07. The summed E-state index contributed by atoms with van der Waals surface area (Å²) in [5, 5.41) is 11.2. The first kappa shape index (κ1) is 12.9. The maximum atomic E-state index is 12.0. The fraction of sp³-hybridized carbons (Fsp3) is 0.312. The van der Waals surface area contributed by atoms with Crippen molar-refractivity contribution in [1.82, 2.24) is 0 Å². The van der Waals surface area contributed by atoms with Crippen LogP contribution in [0.2, 0.25) is 0 Å². The molecule has 0 aliphatic carbocycles. The molecule has 104 valence electrons. The van der Waals surface area contributed by atoms with Gasteiger partial charge in [0.25, 0.3) is 0 Å². The number of fused-ring (bicyclic) bond motifs is 3. The number of hydrogen-bond acceptors (Lipinski definition) is 4. The largest absolute Gasteiger partial charge is 0.486 e. The van der Waals surface area contributed by atoms with Crippen LogP contribution in [0.15, 0.2) is 46.1 Å². The summed E-state index contributed by atoms with van der Waals surface area (Å²) >= 11 is 0. The molecular weight excluding hydrogens is 256 g/mol. The summed E-state index contributed by atoms with van der Waals surface area (Å²) < 4.78 is 11.1. The van der Waals surface area contributed by atoms with E-state index in [2.05, 4.69) is 6.58 Å². The summed E-state index contributed by atoms with van der Waals surface area (Å²) in [6.45, 7) is 5.33. The Morgan fingerprint density at radius 3 is 3.00 bits per heavy atom. The van der Waals surface area contributed by atoms with Crippen LogP contribution in [-0.4, -0.2) is 16.8 Å². The van der Waals surface area contributed by atoms with Crippen molar-refractivity contribution in [3.63, 3.8) is 0 Å². The van der Waals surface area contributed by atoms with E-state index in [-0.39, 0.29) is 0 Å². The topological polar surface area (TPSA) is 59.7 Å². The molecule has 0 saturated carbocycles. The molecule has 1 N–H and O–H groups in total. The standard InChI is InChI=1S/C16H16O4/c1-3-8-16(2,18)13-9-11-14(20-13)10-6-4-5-7-12(10)19-15(11)17/h3-7,13,18H,1,8-9H2,2H3. The second-order valence-corrected chi connectivity index (χ2v) is 5.35. The van der Waals surface area contributed by atoms with Gasteiger partial charge in [0.1, 0.15) is 23.0 Å². The fourth-order valence-electron chi connectivity index (χ4n) is 2.61. The van der Waals surface area contributed by atoms with E-state index in [1.165, 1.54) is 0 Å². The zero-order chi connectivity index (χ0) is 14.3. The number of ether oxygens (including phenoxy) is 1. The summed E-state index contributed by atoms with van der Waals surface area (Å²) in [5.74, 6) is 0.534. The molecule has 20 heavy (non-hydrogen) atoms. The fourth-order valence-corrected chi connectivity index (χ4v) is 2.61. The number of benzene rings is 1. The average Bonchev–Trinajstić information content (AvgIpc) is 2.85. The van der Waals surface area contributed by atoms with E-state index in [4.69, 9.17) is 9.15 Å². The highest BCUT2D eigenvalue weighted by atomic mass is 16.5. The molecule has 2 unspecified atom stereocenters. The quantitative estimate of drug-likeness (QED) is 0.688. The second-order valence-electron chi connectivity index (χ2n) is 5.35. The Balaban J connectivity index is 2.09. The Morgan fingerprint density at radius 2 is 2.25 bits per heavy atom. The lowest BCUT2D eigenvalue weighted by molar-refractivity contribution is -0.0350.